The van der Waals surface area contributed by atoms with Crippen molar-refractivity contribution in [3.8, 4) is 0 Å². The molecule has 0 fully saturated rings. The molecule has 0 aromatic heterocycles. The Bertz CT molecular complexity index is 161. The van der Waals surface area contributed by atoms with Crippen LogP contribution in [0.5, 0.6) is 0 Å². The Hall–Kier alpha value is 0.730. The average molecular weight is 222 g/mol. The van der Waals surface area contributed by atoms with Crippen LogP contribution in [0, 0.1) is 0 Å². The number of rotatable bonds is 5. The maximum Gasteiger partial charge on any atom is 2.00 e. The third-order valence-electron chi connectivity index (χ3n) is 1.39. The van der Waals surface area contributed by atoms with E-state index in [9.17, 15) is 4.79 Å². The summed E-state index contributed by atoms with van der Waals surface area (Å²) in [4.78, 5) is 10.5. The largest absolute Gasteiger partial charge is 2.00 e. The molecule has 0 saturated heterocycles. The van der Waals surface area contributed by atoms with Crippen molar-refractivity contribution in [2.45, 2.75) is 18.3 Å². The van der Waals surface area contributed by atoms with Crippen molar-refractivity contribution < 1.29 is 33.2 Å². The van der Waals surface area contributed by atoms with Crippen molar-refractivity contribution in [2.75, 3.05) is 13.2 Å². The smallest absolute Gasteiger partial charge is 1.00 e. The minimum Gasteiger partial charge on any atom is -1.00 e. The topological polar surface area (TPSA) is 118 Å². The average Bonchev–Trinajstić information content (AvgIpc) is 2.12. The first-order chi connectivity index (χ1) is 5.54. The van der Waals surface area contributed by atoms with Crippen LogP contribution in [0.1, 0.15) is 2.85 Å². The predicted molar refractivity (Wildman–Crippen MR) is 45.2 cm³/mol. The molecule has 3 atom stereocenters. The van der Waals surface area contributed by atoms with E-state index < -0.39 is 37.3 Å². The van der Waals surface area contributed by atoms with Gasteiger partial charge >= 0.3 is 37.7 Å². The SMILES string of the molecule is O=C(CO)C(O)C(O)C(O)CO.[Ca+2].[H-].[H-]. The third kappa shape index (κ3) is 5.24. The number of Topliss-reactive ketones (excluding diaryl/α,β-unsaturated/α-hetero) is 1. The zero-order chi connectivity index (χ0) is 9.72. The number of carbonyl (C=O) groups excluding carboxylic acids is 1. The van der Waals surface area contributed by atoms with E-state index in [1.165, 1.54) is 0 Å². The molecule has 0 heterocycles. The van der Waals surface area contributed by atoms with Gasteiger partial charge in [-0.1, -0.05) is 0 Å². The maximum absolute atomic E-state index is 10.5. The summed E-state index contributed by atoms with van der Waals surface area (Å²) in [6, 6.07) is 0. The van der Waals surface area contributed by atoms with Gasteiger partial charge < -0.3 is 28.4 Å². The van der Waals surface area contributed by atoms with Crippen molar-refractivity contribution in [2.24, 2.45) is 0 Å². The van der Waals surface area contributed by atoms with E-state index >= 15 is 0 Å². The second kappa shape index (κ2) is 8.07. The van der Waals surface area contributed by atoms with E-state index in [4.69, 9.17) is 25.5 Å². The van der Waals surface area contributed by atoms with E-state index in [0.717, 1.165) is 0 Å². The first-order valence-electron chi connectivity index (χ1n) is 3.33. The molecule has 0 saturated carbocycles. The minimum absolute atomic E-state index is 0. The number of hydrogen-bond donors (Lipinski definition) is 5. The van der Waals surface area contributed by atoms with Gasteiger partial charge in [0.05, 0.1) is 6.61 Å². The summed E-state index contributed by atoms with van der Waals surface area (Å²) in [6.07, 6.45) is -5.22. The van der Waals surface area contributed by atoms with E-state index in [1.807, 2.05) is 0 Å². The van der Waals surface area contributed by atoms with Crippen LogP contribution in [-0.4, -0.2) is 101 Å². The van der Waals surface area contributed by atoms with Gasteiger partial charge in [-0.15, -0.1) is 0 Å². The fourth-order valence-corrected chi connectivity index (χ4v) is 0.602. The second-order valence-corrected chi connectivity index (χ2v) is 2.31. The first-order valence-corrected chi connectivity index (χ1v) is 3.33. The molecule has 0 amide bonds. The normalized spacial score (nSPS) is 17.0. The van der Waals surface area contributed by atoms with Crippen molar-refractivity contribution in [1.29, 1.82) is 0 Å². The molecule has 3 unspecified atom stereocenters. The number of ketones is 1. The monoisotopic (exact) mass is 222 g/mol. The van der Waals surface area contributed by atoms with Gasteiger partial charge in [0.2, 0.25) is 0 Å². The van der Waals surface area contributed by atoms with Gasteiger partial charge in [-0.3, -0.25) is 4.79 Å². The van der Waals surface area contributed by atoms with Crippen LogP contribution in [-0.2, 0) is 4.79 Å². The summed E-state index contributed by atoms with van der Waals surface area (Å²) >= 11 is 0. The fourth-order valence-electron chi connectivity index (χ4n) is 0.602. The van der Waals surface area contributed by atoms with E-state index in [0.29, 0.717) is 0 Å². The van der Waals surface area contributed by atoms with Crippen molar-refractivity contribution in [3.05, 3.63) is 0 Å². The molecule has 0 rings (SSSR count). The van der Waals surface area contributed by atoms with Gasteiger partial charge in [0.25, 0.3) is 0 Å². The van der Waals surface area contributed by atoms with Crippen LogP contribution in [0.15, 0.2) is 0 Å². The van der Waals surface area contributed by atoms with Crippen LogP contribution in [0.4, 0.5) is 0 Å². The molecule has 0 bridgehead atoms. The van der Waals surface area contributed by atoms with Gasteiger partial charge in [-0.2, -0.15) is 0 Å². The number of aliphatic hydroxyl groups is 5. The zero-order valence-electron chi connectivity index (χ0n) is 9.00. The molecule has 0 radical (unpaired) electrons. The first kappa shape index (κ1) is 16.2. The van der Waals surface area contributed by atoms with E-state index in [-0.39, 0.29) is 40.6 Å². The quantitative estimate of drug-likeness (QED) is 0.308. The molecule has 0 aliphatic heterocycles. The minimum atomic E-state index is -1.86. The summed E-state index contributed by atoms with van der Waals surface area (Å²) < 4.78 is 0. The Morgan fingerprint density at radius 3 is 2.00 bits per heavy atom. The van der Waals surface area contributed by atoms with Crippen LogP contribution in [0.2, 0.25) is 0 Å². The Morgan fingerprint density at radius 2 is 1.69 bits per heavy atom. The molecule has 76 valence electrons. The summed E-state index contributed by atoms with van der Waals surface area (Å²) in [5.74, 6) is -1.00. The fraction of sp³-hybridized carbons (Fsp3) is 0.833. The molecule has 0 aliphatic rings. The van der Waals surface area contributed by atoms with Crippen LogP contribution >= 0.6 is 0 Å². The van der Waals surface area contributed by atoms with Gasteiger partial charge in [-0.05, 0) is 0 Å². The Balaban J connectivity index is -0.000000202. The van der Waals surface area contributed by atoms with Gasteiger partial charge in [-0.25, -0.2) is 0 Å². The Labute approximate surface area is 108 Å². The van der Waals surface area contributed by atoms with Crippen LogP contribution < -0.4 is 0 Å². The number of aliphatic hydroxyl groups excluding tert-OH is 5. The third-order valence-corrected chi connectivity index (χ3v) is 1.39. The molecule has 0 aromatic carbocycles. The molecule has 0 spiro atoms. The molecular formula is C6H14CaO6. The molecular weight excluding hydrogens is 208 g/mol. The standard InChI is InChI=1S/C6H12O6.Ca.2H/c7-1-3(9)5(11)6(12)4(10)2-8;;;/h3,5-9,11-12H,1-2H2;;;/q;+2;2*-1. The summed E-state index contributed by atoms with van der Waals surface area (Å²) in [7, 11) is 0. The Kier molecular flexibility index (Phi) is 10.0. The zero-order valence-corrected chi connectivity index (χ0v) is 9.21. The Morgan fingerprint density at radius 1 is 1.23 bits per heavy atom. The predicted octanol–water partition coefficient (Wildman–Crippen LogP) is -3.53. The molecule has 0 aliphatic carbocycles. The van der Waals surface area contributed by atoms with Crippen molar-refractivity contribution in [1.82, 2.24) is 0 Å². The van der Waals surface area contributed by atoms with Gasteiger partial charge in [0, 0.05) is 0 Å². The second-order valence-electron chi connectivity index (χ2n) is 2.31. The number of carbonyl (C=O) groups is 1. The van der Waals surface area contributed by atoms with E-state index in [1.54, 1.807) is 0 Å². The van der Waals surface area contributed by atoms with Gasteiger partial charge in [0.1, 0.15) is 24.9 Å². The summed E-state index contributed by atoms with van der Waals surface area (Å²) in [5.41, 5.74) is 0. The van der Waals surface area contributed by atoms with Crippen LogP contribution in [0.3, 0.4) is 0 Å². The number of hydrogen-bond acceptors (Lipinski definition) is 6. The molecule has 0 aromatic rings. The van der Waals surface area contributed by atoms with Crippen LogP contribution in [0.25, 0.3) is 0 Å². The summed E-state index contributed by atoms with van der Waals surface area (Å²) in [6.45, 7) is -1.69. The van der Waals surface area contributed by atoms with E-state index in [2.05, 4.69) is 0 Å². The molecule has 13 heavy (non-hydrogen) atoms. The summed E-state index contributed by atoms with van der Waals surface area (Å²) in [5, 5.41) is 43.1. The molecule has 5 N–H and O–H groups in total. The molecule has 7 heteroatoms. The van der Waals surface area contributed by atoms with Gasteiger partial charge in [0.15, 0.2) is 5.78 Å². The maximum atomic E-state index is 10.5. The molecule has 6 nitrogen and oxygen atoms in total. The van der Waals surface area contributed by atoms with Crippen molar-refractivity contribution >= 4 is 43.5 Å². The van der Waals surface area contributed by atoms with Crippen molar-refractivity contribution in [3.63, 3.8) is 0 Å².